The Balaban J connectivity index is 2.07. The monoisotopic (exact) mass is 354 g/mol. The predicted octanol–water partition coefficient (Wildman–Crippen LogP) is 3.00. The van der Waals surface area contributed by atoms with E-state index in [0.29, 0.717) is 42.0 Å². The van der Waals surface area contributed by atoms with Crippen molar-refractivity contribution in [3.8, 4) is 5.75 Å². The summed E-state index contributed by atoms with van der Waals surface area (Å²) >= 11 is 6.06. The van der Waals surface area contributed by atoms with Gasteiger partial charge in [-0.3, -0.25) is 4.79 Å². The van der Waals surface area contributed by atoms with Crippen molar-refractivity contribution in [1.82, 2.24) is 5.32 Å². The molecular weight excluding hydrogens is 328 g/mol. The third-order valence-electron chi connectivity index (χ3n) is 4.52. The second kappa shape index (κ2) is 9.87. The quantitative estimate of drug-likeness (QED) is 0.704. The van der Waals surface area contributed by atoms with Gasteiger partial charge in [0.1, 0.15) is 12.4 Å². The predicted molar refractivity (Wildman–Crippen MR) is 95.7 cm³/mol. The van der Waals surface area contributed by atoms with Crippen molar-refractivity contribution in [1.29, 1.82) is 0 Å². The van der Waals surface area contributed by atoms with Crippen molar-refractivity contribution < 1.29 is 14.3 Å². The standard InChI is InChI=1S/C18H27ClN2O3/c1-23-9-10-24-17-8-7-14(19)11-15(17)18(22)21-16(12-20)13-5-3-2-4-6-13/h7-8,11,13,16H,2-6,9-10,12,20H2,1H3,(H,21,22). The normalized spacial score (nSPS) is 16.6. The van der Waals surface area contributed by atoms with E-state index in [0.717, 1.165) is 12.8 Å². The largest absolute Gasteiger partial charge is 0.490 e. The minimum absolute atomic E-state index is 0.0105. The smallest absolute Gasteiger partial charge is 0.255 e. The molecule has 1 amide bonds. The Labute approximate surface area is 148 Å². The molecule has 5 nitrogen and oxygen atoms in total. The summed E-state index contributed by atoms with van der Waals surface area (Å²) in [5.41, 5.74) is 6.35. The molecule has 0 spiro atoms. The van der Waals surface area contributed by atoms with Crippen molar-refractivity contribution >= 4 is 17.5 Å². The fourth-order valence-corrected chi connectivity index (χ4v) is 3.36. The van der Waals surface area contributed by atoms with Crippen LogP contribution in [0.15, 0.2) is 18.2 Å². The zero-order valence-corrected chi connectivity index (χ0v) is 15.0. The number of amides is 1. The summed E-state index contributed by atoms with van der Waals surface area (Å²) in [6, 6.07) is 5.05. The first-order valence-electron chi connectivity index (χ1n) is 8.58. The summed E-state index contributed by atoms with van der Waals surface area (Å²) in [4.78, 5) is 12.7. The molecule has 0 bridgehead atoms. The summed E-state index contributed by atoms with van der Waals surface area (Å²) in [5.74, 6) is 0.768. The van der Waals surface area contributed by atoms with Gasteiger partial charge in [-0.1, -0.05) is 30.9 Å². The lowest BCUT2D eigenvalue weighted by Gasteiger charge is -2.30. The van der Waals surface area contributed by atoms with Gasteiger partial charge in [0, 0.05) is 24.7 Å². The van der Waals surface area contributed by atoms with Gasteiger partial charge in [-0.25, -0.2) is 0 Å². The highest BCUT2D eigenvalue weighted by atomic mass is 35.5. The molecule has 1 aliphatic carbocycles. The van der Waals surface area contributed by atoms with E-state index in [2.05, 4.69) is 5.32 Å². The second-order valence-corrected chi connectivity index (χ2v) is 6.63. The van der Waals surface area contributed by atoms with Crippen LogP contribution in [0.2, 0.25) is 5.02 Å². The zero-order valence-electron chi connectivity index (χ0n) is 14.2. The third-order valence-corrected chi connectivity index (χ3v) is 4.76. The molecule has 1 aromatic carbocycles. The van der Waals surface area contributed by atoms with E-state index in [9.17, 15) is 4.79 Å². The van der Waals surface area contributed by atoms with E-state index in [-0.39, 0.29) is 11.9 Å². The molecule has 3 N–H and O–H groups in total. The molecular formula is C18H27ClN2O3. The highest BCUT2D eigenvalue weighted by Gasteiger charge is 2.25. The fourth-order valence-electron chi connectivity index (χ4n) is 3.19. The van der Waals surface area contributed by atoms with Crippen LogP contribution in [0.4, 0.5) is 0 Å². The Morgan fingerprint density at radius 1 is 1.33 bits per heavy atom. The maximum atomic E-state index is 12.7. The van der Waals surface area contributed by atoms with Gasteiger partial charge in [0.05, 0.1) is 12.2 Å². The van der Waals surface area contributed by atoms with Crippen LogP contribution in [0.5, 0.6) is 5.75 Å². The van der Waals surface area contributed by atoms with Crippen molar-refractivity contribution in [2.45, 2.75) is 38.1 Å². The van der Waals surface area contributed by atoms with E-state index in [1.807, 2.05) is 0 Å². The number of carbonyl (C=O) groups is 1. The first-order chi connectivity index (χ1) is 11.7. The molecule has 6 heteroatoms. The van der Waals surface area contributed by atoms with Gasteiger partial charge in [-0.2, -0.15) is 0 Å². The number of hydrogen-bond acceptors (Lipinski definition) is 4. The molecule has 0 aliphatic heterocycles. The number of methoxy groups -OCH3 is 1. The fraction of sp³-hybridized carbons (Fsp3) is 0.611. The Hall–Kier alpha value is -1.30. The minimum atomic E-state index is -0.189. The van der Waals surface area contributed by atoms with E-state index in [1.165, 1.54) is 19.3 Å². The van der Waals surface area contributed by atoms with Gasteiger partial charge in [0.25, 0.3) is 5.91 Å². The highest BCUT2D eigenvalue weighted by Crippen LogP contribution is 2.27. The Bertz CT molecular complexity index is 533. The van der Waals surface area contributed by atoms with Gasteiger partial charge in [-0.15, -0.1) is 0 Å². The summed E-state index contributed by atoms with van der Waals surface area (Å²) in [5, 5.41) is 3.58. The summed E-state index contributed by atoms with van der Waals surface area (Å²) in [7, 11) is 1.61. The number of nitrogens with two attached hydrogens (primary N) is 1. The minimum Gasteiger partial charge on any atom is -0.490 e. The molecule has 0 saturated heterocycles. The number of rotatable bonds is 8. The Morgan fingerprint density at radius 3 is 2.75 bits per heavy atom. The van der Waals surface area contributed by atoms with Crippen molar-refractivity contribution in [2.24, 2.45) is 11.7 Å². The van der Waals surface area contributed by atoms with Gasteiger partial charge >= 0.3 is 0 Å². The summed E-state index contributed by atoms with van der Waals surface area (Å²) in [6.07, 6.45) is 5.93. The van der Waals surface area contributed by atoms with Crippen molar-refractivity contribution in [2.75, 3.05) is 26.9 Å². The molecule has 1 aliphatic rings. The molecule has 1 saturated carbocycles. The maximum absolute atomic E-state index is 12.7. The van der Waals surface area contributed by atoms with E-state index >= 15 is 0 Å². The number of nitrogens with one attached hydrogen (secondary N) is 1. The average Bonchev–Trinajstić information content (AvgIpc) is 2.61. The molecule has 0 aromatic heterocycles. The molecule has 0 heterocycles. The number of carbonyl (C=O) groups excluding carboxylic acids is 1. The lowest BCUT2D eigenvalue weighted by molar-refractivity contribution is 0.0908. The molecule has 1 fully saturated rings. The van der Waals surface area contributed by atoms with Crippen LogP contribution in [-0.4, -0.2) is 38.8 Å². The zero-order chi connectivity index (χ0) is 17.4. The molecule has 134 valence electrons. The van der Waals surface area contributed by atoms with Gasteiger partial charge in [0.2, 0.25) is 0 Å². The average molecular weight is 355 g/mol. The van der Waals surface area contributed by atoms with Crippen LogP contribution >= 0.6 is 11.6 Å². The maximum Gasteiger partial charge on any atom is 0.255 e. The molecule has 2 rings (SSSR count). The Kier molecular flexibility index (Phi) is 7.82. The van der Waals surface area contributed by atoms with Gasteiger partial charge in [0.15, 0.2) is 0 Å². The SMILES string of the molecule is COCCOc1ccc(Cl)cc1C(=O)NC(CN)C1CCCCC1. The topological polar surface area (TPSA) is 73.6 Å². The van der Waals surface area contributed by atoms with Crippen LogP contribution in [-0.2, 0) is 4.74 Å². The number of halogens is 1. The van der Waals surface area contributed by atoms with Crippen LogP contribution in [0.1, 0.15) is 42.5 Å². The summed E-state index contributed by atoms with van der Waals surface area (Å²) < 4.78 is 10.6. The van der Waals surface area contributed by atoms with Gasteiger partial charge < -0.3 is 20.5 Å². The highest BCUT2D eigenvalue weighted by molar-refractivity contribution is 6.31. The van der Waals surface area contributed by atoms with Crippen LogP contribution < -0.4 is 15.8 Å². The number of ether oxygens (including phenoxy) is 2. The number of benzene rings is 1. The van der Waals surface area contributed by atoms with Crippen molar-refractivity contribution in [3.63, 3.8) is 0 Å². The number of hydrogen-bond donors (Lipinski definition) is 2. The lowest BCUT2D eigenvalue weighted by atomic mass is 9.84. The van der Waals surface area contributed by atoms with Crippen LogP contribution in [0.25, 0.3) is 0 Å². The molecule has 24 heavy (non-hydrogen) atoms. The molecule has 1 unspecified atom stereocenters. The molecule has 0 radical (unpaired) electrons. The first kappa shape index (κ1) is 19.0. The third kappa shape index (κ3) is 5.36. The molecule has 1 atom stereocenters. The van der Waals surface area contributed by atoms with E-state index < -0.39 is 0 Å². The van der Waals surface area contributed by atoms with E-state index in [4.69, 9.17) is 26.8 Å². The first-order valence-corrected chi connectivity index (χ1v) is 8.95. The van der Waals surface area contributed by atoms with Gasteiger partial charge in [-0.05, 0) is 37.0 Å². The van der Waals surface area contributed by atoms with Crippen LogP contribution in [0.3, 0.4) is 0 Å². The second-order valence-electron chi connectivity index (χ2n) is 6.20. The Morgan fingerprint density at radius 2 is 2.08 bits per heavy atom. The lowest BCUT2D eigenvalue weighted by Crippen LogP contribution is -2.46. The molecule has 1 aromatic rings. The van der Waals surface area contributed by atoms with Crippen LogP contribution in [0, 0.1) is 5.92 Å². The van der Waals surface area contributed by atoms with E-state index in [1.54, 1.807) is 25.3 Å². The van der Waals surface area contributed by atoms with Crippen molar-refractivity contribution in [3.05, 3.63) is 28.8 Å². The summed E-state index contributed by atoms with van der Waals surface area (Å²) in [6.45, 7) is 1.27.